The van der Waals surface area contributed by atoms with Gasteiger partial charge < -0.3 is 24.2 Å². The molecule has 226 valence electrons. The third-order valence-electron chi connectivity index (χ3n) is 9.78. The van der Waals surface area contributed by atoms with Crippen LogP contribution >= 0.6 is 0 Å². The van der Waals surface area contributed by atoms with E-state index in [4.69, 9.17) is 19.2 Å². The second kappa shape index (κ2) is 10.7. The molecule has 1 N–H and O–H groups in total. The van der Waals surface area contributed by atoms with Gasteiger partial charge in [0.25, 0.3) is 0 Å². The molecule has 1 saturated heterocycles. The van der Waals surface area contributed by atoms with Gasteiger partial charge in [-0.1, -0.05) is 33.6 Å². The van der Waals surface area contributed by atoms with Crippen LogP contribution in [0.1, 0.15) is 83.4 Å². The Morgan fingerprint density at radius 3 is 2.71 bits per heavy atom. The van der Waals surface area contributed by atoms with E-state index < -0.39 is 28.9 Å². The number of pyridine rings is 1. The molecule has 9 nitrogen and oxygen atoms in total. The Morgan fingerprint density at radius 1 is 1.17 bits per heavy atom. The molecule has 3 aliphatic heterocycles. The molecule has 0 unspecified atom stereocenters. The van der Waals surface area contributed by atoms with Crippen molar-refractivity contribution in [1.82, 2.24) is 9.88 Å². The number of carboxylic acid groups (broad SMARTS) is 1. The monoisotopic (exact) mass is 578 g/mol. The first-order valence-electron chi connectivity index (χ1n) is 15.4. The fourth-order valence-corrected chi connectivity index (χ4v) is 7.18. The Morgan fingerprint density at radius 2 is 1.98 bits per heavy atom. The Bertz CT molecular complexity index is 1420. The number of benzene rings is 1. The minimum atomic E-state index is -1.06. The van der Waals surface area contributed by atoms with Crippen LogP contribution < -0.4 is 9.47 Å². The van der Waals surface area contributed by atoms with Gasteiger partial charge in [0.15, 0.2) is 0 Å². The first-order valence-corrected chi connectivity index (χ1v) is 15.4. The first kappa shape index (κ1) is 28.7. The van der Waals surface area contributed by atoms with E-state index >= 15 is 0 Å². The van der Waals surface area contributed by atoms with Gasteiger partial charge in [0.05, 0.1) is 37.2 Å². The van der Waals surface area contributed by atoms with Crippen LogP contribution in [-0.2, 0) is 32.0 Å². The number of aliphatic carboxylic acids is 1. The van der Waals surface area contributed by atoms with Gasteiger partial charge in [0, 0.05) is 17.4 Å². The molecule has 9 heteroatoms. The summed E-state index contributed by atoms with van der Waals surface area (Å²) in [5.74, 6) is -0.612. The highest BCUT2D eigenvalue weighted by Crippen LogP contribution is 2.47. The standard InChI is InChI=1S/C33H42N2O7/c1-32(2,3)23-16-28(36)41-27-14-19(27)8-6-5-7-9-25-29-21(22-15-20(40-4)10-11-24(22)34-25)12-13-33(42-29)17-26(31(38)39)35(18-33)30(23)37/h10-11,15,19,23,26-27H,5-9,12-14,16-18H2,1-4H3,(H,38,39)/t19-,23-,26+,27-,33-/m1/s1. The van der Waals surface area contributed by atoms with Crippen LogP contribution in [0.5, 0.6) is 11.5 Å². The van der Waals surface area contributed by atoms with Crippen molar-refractivity contribution in [3.8, 4) is 11.5 Å². The fraction of sp³-hybridized carbons (Fsp3) is 0.636. The fourth-order valence-electron chi connectivity index (χ4n) is 7.18. The number of carboxylic acids is 1. The lowest BCUT2D eigenvalue weighted by atomic mass is 9.77. The quantitative estimate of drug-likeness (QED) is 0.490. The van der Waals surface area contributed by atoms with Gasteiger partial charge in [0.1, 0.15) is 29.2 Å². The summed E-state index contributed by atoms with van der Waals surface area (Å²) in [7, 11) is 1.64. The van der Waals surface area contributed by atoms with Gasteiger partial charge in [-0.15, -0.1) is 0 Å². The molecule has 3 bridgehead atoms. The van der Waals surface area contributed by atoms with Crippen LogP contribution in [-0.4, -0.2) is 64.2 Å². The highest BCUT2D eigenvalue weighted by atomic mass is 16.5. The maximum absolute atomic E-state index is 14.1. The van der Waals surface area contributed by atoms with E-state index in [2.05, 4.69) is 0 Å². The number of methoxy groups -OCH3 is 1. The Hall–Kier alpha value is -3.36. The number of fused-ring (bicyclic) bond motifs is 4. The molecule has 5 atom stereocenters. The zero-order valence-electron chi connectivity index (χ0n) is 25.1. The van der Waals surface area contributed by atoms with Crippen molar-refractivity contribution in [3.63, 3.8) is 0 Å². The minimum Gasteiger partial charge on any atom is -0.497 e. The Kier molecular flexibility index (Phi) is 7.34. The Labute approximate surface area is 246 Å². The molecule has 2 fully saturated rings. The SMILES string of the molecule is COc1ccc2nc3c4c(c2c1)CC[C@]1(C[C@@H](C(=O)O)N(C1)C(=O)[C@H](C(C)(C)C)CC(=O)O[C@@H]1C[C@H]1CCCCC3)O4. The highest BCUT2D eigenvalue weighted by molar-refractivity contribution is 5.89. The largest absolute Gasteiger partial charge is 0.497 e. The van der Waals surface area contributed by atoms with Crippen LogP contribution in [0.2, 0.25) is 0 Å². The van der Waals surface area contributed by atoms with Gasteiger partial charge >= 0.3 is 11.9 Å². The van der Waals surface area contributed by atoms with Crippen LogP contribution in [0.3, 0.4) is 0 Å². The molecule has 1 aromatic carbocycles. The summed E-state index contributed by atoms with van der Waals surface area (Å²) in [4.78, 5) is 46.2. The number of aromatic nitrogens is 1. The number of hydrogen-bond donors (Lipinski definition) is 1. The van der Waals surface area contributed by atoms with Gasteiger partial charge in [-0.05, 0) is 68.1 Å². The first-order chi connectivity index (χ1) is 20.0. The number of aryl methyl sites for hydroxylation is 2. The van der Waals surface area contributed by atoms with E-state index in [-0.39, 0.29) is 37.4 Å². The molecular weight excluding hydrogens is 536 g/mol. The molecule has 2 aromatic rings. The molecule has 1 spiro atoms. The molecule has 1 amide bonds. The second-order valence-electron chi connectivity index (χ2n) is 13.8. The summed E-state index contributed by atoms with van der Waals surface area (Å²) in [6, 6.07) is 4.86. The summed E-state index contributed by atoms with van der Waals surface area (Å²) in [6.07, 6.45) is 6.97. The average molecular weight is 579 g/mol. The van der Waals surface area contributed by atoms with E-state index in [0.29, 0.717) is 18.8 Å². The third kappa shape index (κ3) is 5.42. The smallest absolute Gasteiger partial charge is 0.326 e. The highest BCUT2D eigenvalue weighted by Gasteiger charge is 2.54. The molecule has 4 aliphatic rings. The predicted octanol–water partition coefficient (Wildman–Crippen LogP) is 5.09. The minimum absolute atomic E-state index is 0.0625. The van der Waals surface area contributed by atoms with Crippen LogP contribution in [0.4, 0.5) is 0 Å². The topological polar surface area (TPSA) is 115 Å². The molecule has 0 radical (unpaired) electrons. The summed E-state index contributed by atoms with van der Waals surface area (Å²) in [5, 5.41) is 11.3. The third-order valence-corrected chi connectivity index (χ3v) is 9.78. The lowest BCUT2D eigenvalue weighted by Crippen LogP contribution is -2.49. The number of amides is 1. The van der Waals surface area contributed by atoms with E-state index in [1.165, 1.54) is 4.90 Å². The van der Waals surface area contributed by atoms with Crippen molar-refractivity contribution in [2.45, 2.75) is 103 Å². The van der Waals surface area contributed by atoms with Crippen molar-refractivity contribution in [2.75, 3.05) is 13.7 Å². The molecular formula is C33H42N2O7. The van der Waals surface area contributed by atoms with Crippen LogP contribution in [0.25, 0.3) is 10.9 Å². The van der Waals surface area contributed by atoms with E-state index in [0.717, 1.165) is 72.2 Å². The zero-order chi connectivity index (χ0) is 29.8. The van der Waals surface area contributed by atoms with Gasteiger partial charge in [-0.25, -0.2) is 9.78 Å². The molecule has 1 aromatic heterocycles. The number of hydrogen-bond acceptors (Lipinski definition) is 7. The van der Waals surface area contributed by atoms with Gasteiger partial charge in [-0.3, -0.25) is 9.59 Å². The molecule has 1 aliphatic carbocycles. The molecule has 1 saturated carbocycles. The maximum Gasteiger partial charge on any atom is 0.326 e. The lowest BCUT2D eigenvalue weighted by Gasteiger charge is -2.38. The molecule has 42 heavy (non-hydrogen) atoms. The van der Waals surface area contributed by atoms with Crippen molar-refractivity contribution >= 4 is 28.7 Å². The van der Waals surface area contributed by atoms with Crippen LogP contribution in [0.15, 0.2) is 18.2 Å². The number of nitrogens with zero attached hydrogens (tertiary/aromatic N) is 2. The van der Waals surface area contributed by atoms with Crippen molar-refractivity contribution in [2.24, 2.45) is 17.3 Å². The summed E-state index contributed by atoms with van der Waals surface area (Å²) >= 11 is 0. The summed E-state index contributed by atoms with van der Waals surface area (Å²) < 4.78 is 18.1. The van der Waals surface area contributed by atoms with E-state index in [1.807, 2.05) is 39.0 Å². The zero-order valence-corrected chi connectivity index (χ0v) is 25.1. The Balaban J connectivity index is 1.40. The van der Waals surface area contributed by atoms with Crippen molar-refractivity contribution in [3.05, 3.63) is 29.5 Å². The number of carbonyl (C=O) groups excluding carboxylic acids is 2. The summed E-state index contributed by atoms with van der Waals surface area (Å²) in [5.41, 5.74) is 1.46. The maximum atomic E-state index is 14.1. The van der Waals surface area contributed by atoms with Crippen molar-refractivity contribution in [1.29, 1.82) is 0 Å². The second-order valence-corrected chi connectivity index (χ2v) is 13.8. The number of carbonyl (C=O) groups is 3. The number of ether oxygens (including phenoxy) is 3. The molecule has 4 heterocycles. The summed E-state index contributed by atoms with van der Waals surface area (Å²) in [6.45, 7) is 5.91. The van der Waals surface area contributed by atoms with Gasteiger partial charge in [-0.2, -0.15) is 0 Å². The lowest BCUT2D eigenvalue weighted by molar-refractivity contribution is -0.156. The van der Waals surface area contributed by atoms with E-state index in [9.17, 15) is 19.5 Å². The van der Waals surface area contributed by atoms with E-state index in [1.54, 1.807) is 7.11 Å². The van der Waals surface area contributed by atoms with Crippen molar-refractivity contribution < 1.29 is 33.7 Å². The average Bonchev–Trinajstić information content (AvgIpc) is 3.57. The van der Waals surface area contributed by atoms with Gasteiger partial charge in [0.2, 0.25) is 5.91 Å². The molecule has 6 rings (SSSR count). The predicted molar refractivity (Wildman–Crippen MR) is 155 cm³/mol. The normalized spacial score (nSPS) is 30.0. The number of esters is 1. The number of rotatable bonds is 2. The van der Waals surface area contributed by atoms with Crippen LogP contribution in [0, 0.1) is 17.3 Å².